The van der Waals surface area contributed by atoms with Crippen LogP contribution in [0.2, 0.25) is 0 Å². The summed E-state index contributed by atoms with van der Waals surface area (Å²) >= 11 is 3.28. The number of aromatic nitrogens is 2. The van der Waals surface area contributed by atoms with Gasteiger partial charge in [-0.2, -0.15) is 5.10 Å². The molecule has 0 aromatic carbocycles. The summed E-state index contributed by atoms with van der Waals surface area (Å²) in [5, 5.41) is 13.8. The summed E-state index contributed by atoms with van der Waals surface area (Å²) < 4.78 is 7.51. The van der Waals surface area contributed by atoms with Crippen LogP contribution in [0.5, 0.6) is 0 Å². The first kappa shape index (κ1) is 16.8. The maximum absolute atomic E-state index is 12.1. The highest BCUT2D eigenvalue weighted by molar-refractivity contribution is 9.10. The predicted molar refractivity (Wildman–Crippen MR) is 82.6 cm³/mol. The van der Waals surface area contributed by atoms with Crippen LogP contribution in [0.4, 0.5) is 4.79 Å². The van der Waals surface area contributed by atoms with Gasteiger partial charge in [0.25, 0.3) is 0 Å². The van der Waals surface area contributed by atoms with Crippen molar-refractivity contribution in [2.24, 2.45) is 0 Å². The Bertz CT molecular complexity index is 571. The van der Waals surface area contributed by atoms with Crippen LogP contribution in [-0.2, 0) is 15.1 Å². The molecule has 1 aromatic heterocycles. The Balaban J connectivity index is 2.11. The van der Waals surface area contributed by atoms with Gasteiger partial charge < -0.3 is 14.7 Å². The van der Waals surface area contributed by atoms with Gasteiger partial charge in [-0.3, -0.25) is 4.68 Å². The third-order valence-corrected chi connectivity index (χ3v) is 4.04. The van der Waals surface area contributed by atoms with Crippen molar-refractivity contribution >= 4 is 28.0 Å². The van der Waals surface area contributed by atoms with Gasteiger partial charge in [0.05, 0.1) is 10.7 Å². The maximum Gasteiger partial charge on any atom is 0.410 e. The van der Waals surface area contributed by atoms with E-state index >= 15 is 0 Å². The summed E-state index contributed by atoms with van der Waals surface area (Å²) in [6.07, 6.45) is 3.38. The number of carbonyl (C=O) groups excluding carboxylic acids is 1. The zero-order chi connectivity index (χ0) is 16.5. The SMILES string of the molecule is CC(C)(C)OC(=O)N1CCC(C(=O)O)(n2cc(Br)cn2)CC1. The molecule has 0 unspecified atom stereocenters. The number of piperidine rings is 1. The van der Waals surface area contributed by atoms with E-state index in [1.54, 1.807) is 38.1 Å². The van der Waals surface area contributed by atoms with E-state index < -0.39 is 23.2 Å². The van der Waals surface area contributed by atoms with Gasteiger partial charge in [0.2, 0.25) is 0 Å². The van der Waals surface area contributed by atoms with Crippen LogP contribution in [0.3, 0.4) is 0 Å². The second-order valence-electron chi connectivity index (χ2n) is 6.41. The lowest BCUT2D eigenvalue weighted by Gasteiger charge is -2.39. The van der Waals surface area contributed by atoms with Gasteiger partial charge in [0.1, 0.15) is 5.60 Å². The minimum absolute atomic E-state index is 0.287. The Morgan fingerprint density at radius 1 is 1.36 bits per heavy atom. The van der Waals surface area contributed by atoms with Crippen LogP contribution >= 0.6 is 15.9 Å². The second-order valence-corrected chi connectivity index (χ2v) is 7.32. The summed E-state index contributed by atoms with van der Waals surface area (Å²) in [7, 11) is 0. The molecule has 1 amide bonds. The molecule has 1 aliphatic rings. The molecule has 1 fully saturated rings. The molecule has 1 N–H and O–H groups in total. The van der Waals surface area contributed by atoms with Crippen molar-refractivity contribution in [2.75, 3.05) is 13.1 Å². The number of carbonyl (C=O) groups is 2. The molecular weight excluding hydrogens is 354 g/mol. The Morgan fingerprint density at radius 2 is 1.95 bits per heavy atom. The molecule has 7 nitrogen and oxygen atoms in total. The number of carboxylic acids is 1. The van der Waals surface area contributed by atoms with Crippen LogP contribution < -0.4 is 0 Å². The molecule has 0 bridgehead atoms. The number of ether oxygens (including phenoxy) is 1. The van der Waals surface area contributed by atoms with Gasteiger partial charge >= 0.3 is 12.1 Å². The molecule has 8 heteroatoms. The third kappa shape index (κ3) is 3.43. The van der Waals surface area contributed by atoms with Crippen molar-refractivity contribution in [3.8, 4) is 0 Å². The molecule has 0 aliphatic carbocycles. The molecule has 0 atom stereocenters. The van der Waals surface area contributed by atoms with E-state index in [0.717, 1.165) is 4.47 Å². The number of rotatable bonds is 2. The fourth-order valence-corrected chi connectivity index (χ4v) is 2.75. The topological polar surface area (TPSA) is 84.7 Å². The number of hydrogen-bond donors (Lipinski definition) is 1. The first-order valence-electron chi connectivity index (χ1n) is 7.06. The molecule has 0 saturated carbocycles. The third-order valence-electron chi connectivity index (χ3n) is 3.63. The Labute approximate surface area is 137 Å². The summed E-state index contributed by atoms with van der Waals surface area (Å²) in [6, 6.07) is 0. The summed E-state index contributed by atoms with van der Waals surface area (Å²) in [6.45, 7) is 6.05. The predicted octanol–water partition coefficient (Wildman–Crippen LogP) is 2.46. The van der Waals surface area contributed by atoms with E-state index in [-0.39, 0.29) is 12.8 Å². The minimum Gasteiger partial charge on any atom is -0.479 e. The van der Waals surface area contributed by atoms with Crippen molar-refractivity contribution in [3.63, 3.8) is 0 Å². The molecule has 0 spiro atoms. The molecule has 22 heavy (non-hydrogen) atoms. The first-order valence-corrected chi connectivity index (χ1v) is 7.85. The lowest BCUT2D eigenvalue weighted by Crippen LogP contribution is -2.53. The van der Waals surface area contributed by atoms with Crippen LogP contribution in [0.25, 0.3) is 0 Å². The quantitative estimate of drug-likeness (QED) is 0.860. The van der Waals surface area contributed by atoms with E-state index in [2.05, 4.69) is 21.0 Å². The van der Waals surface area contributed by atoms with Gasteiger partial charge in [-0.15, -0.1) is 0 Å². The number of hydrogen-bond acceptors (Lipinski definition) is 4. The monoisotopic (exact) mass is 373 g/mol. The lowest BCUT2D eigenvalue weighted by molar-refractivity contribution is -0.151. The van der Waals surface area contributed by atoms with Crippen molar-refractivity contribution in [1.29, 1.82) is 0 Å². The normalized spacial score (nSPS) is 18.1. The number of likely N-dealkylation sites (tertiary alicyclic amines) is 1. The second kappa shape index (κ2) is 5.91. The molecule has 1 saturated heterocycles. The van der Waals surface area contributed by atoms with Gasteiger partial charge in [-0.1, -0.05) is 0 Å². The number of halogens is 1. The van der Waals surface area contributed by atoms with Gasteiger partial charge in [-0.05, 0) is 36.7 Å². The standard InChI is InChI=1S/C14H20BrN3O4/c1-13(2,3)22-12(21)17-6-4-14(5-7-17,11(19)20)18-9-10(15)8-16-18/h8-9H,4-7H2,1-3H3,(H,19,20). The van der Waals surface area contributed by atoms with Gasteiger partial charge in [0.15, 0.2) is 5.54 Å². The number of aliphatic carboxylic acids is 1. The summed E-state index contributed by atoms with van der Waals surface area (Å²) in [5.41, 5.74) is -1.68. The molecule has 0 radical (unpaired) electrons. The smallest absolute Gasteiger partial charge is 0.410 e. The largest absolute Gasteiger partial charge is 0.479 e. The van der Waals surface area contributed by atoms with Crippen molar-refractivity contribution in [2.45, 2.75) is 44.8 Å². The molecule has 122 valence electrons. The van der Waals surface area contributed by atoms with Crippen LogP contribution in [0.1, 0.15) is 33.6 Å². The zero-order valence-electron chi connectivity index (χ0n) is 12.9. The molecule has 2 heterocycles. The number of amides is 1. The van der Waals surface area contributed by atoms with Crippen LogP contribution in [0.15, 0.2) is 16.9 Å². The zero-order valence-corrected chi connectivity index (χ0v) is 14.5. The fourth-order valence-electron chi connectivity index (χ4n) is 2.46. The molecule has 1 aromatic rings. The molecule has 1 aliphatic heterocycles. The average molecular weight is 374 g/mol. The fraction of sp³-hybridized carbons (Fsp3) is 0.643. The average Bonchev–Trinajstić information content (AvgIpc) is 2.83. The van der Waals surface area contributed by atoms with Gasteiger partial charge in [0, 0.05) is 32.1 Å². The van der Waals surface area contributed by atoms with E-state index in [9.17, 15) is 14.7 Å². The summed E-state index contributed by atoms with van der Waals surface area (Å²) in [5.74, 6) is -0.938. The number of nitrogens with zero attached hydrogens (tertiary/aromatic N) is 3. The summed E-state index contributed by atoms with van der Waals surface area (Å²) in [4.78, 5) is 25.4. The van der Waals surface area contributed by atoms with Crippen molar-refractivity contribution in [3.05, 3.63) is 16.9 Å². The van der Waals surface area contributed by atoms with Crippen LogP contribution in [0, 0.1) is 0 Å². The first-order chi connectivity index (χ1) is 10.1. The van der Waals surface area contributed by atoms with Crippen molar-refractivity contribution < 1.29 is 19.4 Å². The minimum atomic E-state index is -1.12. The Hall–Kier alpha value is -1.57. The highest BCUT2D eigenvalue weighted by Crippen LogP contribution is 2.31. The van der Waals surface area contributed by atoms with E-state index in [0.29, 0.717) is 13.1 Å². The van der Waals surface area contributed by atoms with Crippen LogP contribution in [-0.4, -0.2) is 50.5 Å². The van der Waals surface area contributed by atoms with E-state index in [1.165, 1.54) is 4.68 Å². The Morgan fingerprint density at radius 3 is 2.36 bits per heavy atom. The maximum atomic E-state index is 12.1. The Kier molecular flexibility index (Phi) is 4.51. The highest BCUT2D eigenvalue weighted by Gasteiger charge is 2.45. The molecular formula is C14H20BrN3O4. The van der Waals surface area contributed by atoms with E-state index in [4.69, 9.17) is 4.74 Å². The van der Waals surface area contributed by atoms with E-state index in [1.807, 2.05) is 0 Å². The highest BCUT2D eigenvalue weighted by atomic mass is 79.9. The number of carboxylic acid groups (broad SMARTS) is 1. The molecule has 2 rings (SSSR count). The lowest BCUT2D eigenvalue weighted by atomic mass is 9.88. The van der Waals surface area contributed by atoms with Crippen molar-refractivity contribution in [1.82, 2.24) is 14.7 Å². The van der Waals surface area contributed by atoms with Gasteiger partial charge in [-0.25, -0.2) is 9.59 Å².